The molecule has 0 saturated carbocycles. The third-order valence-corrected chi connectivity index (χ3v) is 3.32. The molecule has 0 heterocycles. The van der Waals surface area contributed by atoms with Gasteiger partial charge >= 0.3 is 0 Å². The molecule has 1 aromatic rings. The fraction of sp³-hybridized carbons (Fsp3) is 0.417. The van der Waals surface area contributed by atoms with Crippen molar-refractivity contribution in [1.29, 1.82) is 0 Å². The number of rotatable bonds is 7. The third-order valence-electron chi connectivity index (χ3n) is 2.22. The Kier molecular flexibility index (Phi) is 6.69. The van der Waals surface area contributed by atoms with Gasteiger partial charge in [-0.1, -0.05) is 24.6 Å². The number of benzene rings is 1. The van der Waals surface area contributed by atoms with Crippen LogP contribution in [0.5, 0.6) is 0 Å². The van der Waals surface area contributed by atoms with Gasteiger partial charge in [-0.3, -0.25) is 10.2 Å². The third kappa shape index (κ3) is 5.78. The minimum absolute atomic E-state index is 0.0734. The molecule has 0 bridgehead atoms. The number of nitrogens with two attached hydrogens (primary N) is 1. The highest BCUT2D eigenvalue weighted by atomic mass is 32.2. The summed E-state index contributed by atoms with van der Waals surface area (Å²) in [5.41, 5.74) is 2.14. The van der Waals surface area contributed by atoms with Crippen molar-refractivity contribution in [2.45, 2.75) is 30.6 Å². The van der Waals surface area contributed by atoms with E-state index in [1.54, 1.807) is 0 Å². The first-order chi connectivity index (χ1) is 7.83. The summed E-state index contributed by atoms with van der Waals surface area (Å²) in [6.45, 7) is 0. The molecular weight excluding hydrogens is 220 g/mol. The van der Waals surface area contributed by atoms with Crippen LogP contribution in [0, 0.1) is 0 Å². The first kappa shape index (κ1) is 13.1. The average Bonchev–Trinajstić information content (AvgIpc) is 2.34. The van der Waals surface area contributed by atoms with Gasteiger partial charge in [0.1, 0.15) is 0 Å². The van der Waals surface area contributed by atoms with Crippen LogP contribution in [0.2, 0.25) is 0 Å². The van der Waals surface area contributed by atoms with Gasteiger partial charge in [0, 0.05) is 11.3 Å². The molecule has 0 atom stereocenters. The number of amides is 1. The molecule has 1 rings (SSSR count). The van der Waals surface area contributed by atoms with E-state index in [9.17, 15) is 4.79 Å². The second-order valence-electron chi connectivity index (χ2n) is 3.54. The van der Waals surface area contributed by atoms with E-state index in [1.165, 1.54) is 4.90 Å². The molecule has 1 aromatic carbocycles. The van der Waals surface area contributed by atoms with E-state index in [4.69, 9.17) is 5.84 Å². The first-order valence-electron chi connectivity index (χ1n) is 5.50. The van der Waals surface area contributed by atoms with Crippen molar-refractivity contribution < 1.29 is 4.79 Å². The van der Waals surface area contributed by atoms with Gasteiger partial charge in [-0.15, -0.1) is 11.8 Å². The van der Waals surface area contributed by atoms with Crippen molar-refractivity contribution in [3.8, 4) is 0 Å². The van der Waals surface area contributed by atoms with Crippen LogP contribution >= 0.6 is 11.8 Å². The summed E-state index contributed by atoms with van der Waals surface area (Å²) < 4.78 is 0. The van der Waals surface area contributed by atoms with Crippen molar-refractivity contribution in [2.24, 2.45) is 5.84 Å². The Morgan fingerprint density at radius 1 is 1.19 bits per heavy atom. The molecule has 0 unspecified atom stereocenters. The van der Waals surface area contributed by atoms with E-state index in [2.05, 4.69) is 17.6 Å². The van der Waals surface area contributed by atoms with Crippen LogP contribution in [-0.2, 0) is 4.79 Å². The van der Waals surface area contributed by atoms with Gasteiger partial charge in [-0.25, -0.2) is 5.84 Å². The molecular formula is C12H18N2OS. The van der Waals surface area contributed by atoms with Gasteiger partial charge in [-0.2, -0.15) is 0 Å². The highest BCUT2D eigenvalue weighted by molar-refractivity contribution is 7.99. The Bertz CT molecular complexity index is 303. The zero-order valence-corrected chi connectivity index (χ0v) is 10.1. The lowest BCUT2D eigenvalue weighted by Gasteiger charge is -2.01. The van der Waals surface area contributed by atoms with Crippen LogP contribution < -0.4 is 11.3 Å². The highest BCUT2D eigenvalue weighted by Gasteiger charge is 1.98. The van der Waals surface area contributed by atoms with Gasteiger partial charge in [0.05, 0.1) is 0 Å². The average molecular weight is 238 g/mol. The van der Waals surface area contributed by atoms with Crippen LogP contribution in [-0.4, -0.2) is 11.7 Å². The predicted molar refractivity (Wildman–Crippen MR) is 68.0 cm³/mol. The lowest BCUT2D eigenvalue weighted by atomic mass is 10.2. The minimum atomic E-state index is -0.0734. The van der Waals surface area contributed by atoms with Gasteiger partial charge in [-0.05, 0) is 30.7 Å². The van der Waals surface area contributed by atoms with E-state index in [-0.39, 0.29) is 5.91 Å². The summed E-state index contributed by atoms with van der Waals surface area (Å²) in [6.07, 6.45) is 3.66. The fourth-order valence-corrected chi connectivity index (χ4v) is 2.28. The number of thioether (sulfide) groups is 1. The topological polar surface area (TPSA) is 55.1 Å². The first-order valence-corrected chi connectivity index (χ1v) is 6.49. The van der Waals surface area contributed by atoms with E-state index in [0.717, 1.165) is 25.0 Å². The van der Waals surface area contributed by atoms with E-state index in [0.29, 0.717) is 6.42 Å². The molecule has 0 radical (unpaired) electrons. The van der Waals surface area contributed by atoms with Crippen LogP contribution in [0.15, 0.2) is 35.2 Å². The molecule has 3 N–H and O–H groups in total. The zero-order chi connectivity index (χ0) is 11.6. The normalized spacial score (nSPS) is 10.1. The molecule has 3 nitrogen and oxygen atoms in total. The van der Waals surface area contributed by atoms with Crippen LogP contribution in [0.4, 0.5) is 0 Å². The van der Waals surface area contributed by atoms with Crippen molar-refractivity contribution in [3.05, 3.63) is 30.3 Å². The number of hydrogen-bond donors (Lipinski definition) is 2. The molecule has 0 aliphatic carbocycles. The Morgan fingerprint density at radius 3 is 2.62 bits per heavy atom. The Morgan fingerprint density at radius 2 is 1.94 bits per heavy atom. The fourth-order valence-electron chi connectivity index (χ4n) is 1.34. The van der Waals surface area contributed by atoms with E-state index in [1.807, 2.05) is 30.0 Å². The maximum atomic E-state index is 10.8. The molecule has 0 fully saturated rings. The van der Waals surface area contributed by atoms with Crippen molar-refractivity contribution in [3.63, 3.8) is 0 Å². The largest absolute Gasteiger partial charge is 0.294 e. The van der Waals surface area contributed by atoms with Gasteiger partial charge in [0.2, 0.25) is 5.91 Å². The summed E-state index contributed by atoms with van der Waals surface area (Å²) in [5, 5.41) is 0. The highest BCUT2D eigenvalue weighted by Crippen LogP contribution is 2.18. The lowest BCUT2D eigenvalue weighted by molar-refractivity contribution is -0.121. The summed E-state index contributed by atoms with van der Waals surface area (Å²) >= 11 is 1.86. The second kappa shape index (κ2) is 8.19. The number of hydrazine groups is 1. The Labute approximate surface area is 101 Å². The molecule has 0 spiro atoms. The molecule has 0 aromatic heterocycles. The Balaban J connectivity index is 1.98. The maximum absolute atomic E-state index is 10.8. The molecule has 88 valence electrons. The summed E-state index contributed by atoms with van der Waals surface area (Å²) in [7, 11) is 0. The maximum Gasteiger partial charge on any atom is 0.233 e. The number of carbonyl (C=O) groups excluding carboxylic acids is 1. The van der Waals surface area contributed by atoms with Crippen molar-refractivity contribution >= 4 is 17.7 Å². The summed E-state index contributed by atoms with van der Waals surface area (Å²) in [4.78, 5) is 12.1. The summed E-state index contributed by atoms with van der Waals surface area (Å²) in [6, 6.07) is 10.4. The molecule has 0 aliphatic rings. The van der Waals surface area contributed by atoms with Crippen LogP contribution in [0.1, 0.15) is 25.7 Å². The molecule has 0 aliphatic heterocycles. The van der Waals surface area contributed by atoms with Crippen LogP contribution in [0.25, 0.3) is 0 Å². The number of carbonyl (C=O) groups is 1. The molecule has 1 amide bonds. The SMILES string of the molecule is NNC(=O)CCCCCSc1ccccc1. The number of unbranched alkanes of at least 4 members (excludes halogenated alkanes) is 2. The van der Waals surface area contributed by atoms with Gasteiger partial charge in [0.15, 0.2) is 0 Å². The van der Waals surface area contributed by atoms with Crippen LogP contribution in [0.3, 0.4) is 0 Å². The lowest BCUT2D eigenvalue weighted by Crippen LogP contribution is -2.29. The minimum Gasteiger partial charge on any atom is -0.294 e. The zero-order valence-electron chi connectivity index (χ0n) is 9.32. The molecule has 16 heavy (non-hydrogen) atoms. The predicted octanol–water partition coefficient (Wildman–Crippen LogP) is 2.33. The van der Waals surface area contributed by atoms with Gasteiger partial charge < -0.3 is 0 Å². The number of hydrogen-bond acceptors (Lipinski definition) is 3. The van der Waals surface area contributed by atoms with E-state index >= 15 is 0 Å². The van der Waals surface area contributed by atoms with Gasteiger partial charge in [0.25, 0.3) is 0 Å². The molecule has 4 heteroatoms. The standard InChI is InChI=1S/C12H18N2OS/c13-14-12(15)9-5-2-6-10-16-11-7-3-1-4-8-11/h1,3-4,7-8H,2,5-6,9-10,13H2,(H,14,15). The summed E-state index contributed by atoms with van der Waals surface area (Å²) in [5.74, 6) is 6.02. The quantitative estimate of drug-likeness (QED) is 0.252. The second-order valence-corrected chi connectivity index (χ2v) is 4.71. The number of nitrogens with one attached hydrogen (secondary N) is 1. The smallest absolute Gasteiger partial charge is 0.233 e. The Hall–Kier alpha value is -1.00. The molecule has 0 saturated heterocycles. The van der Waals surface area contributed by atoms with E-state index < -0.39 is 0 Å². The van der Waals surface area contributed by atoms with Crippen molar-refractivity contribution in [1.82, 2.24) is 5.43 Å². The van der Waals surface area contributed by atoms with Crippen molar-refractivity contribution in [2.75, 3.05) is 5.75 Å². The monoisotopic (exact) mass is 238 g/mol.